The van der Waals surface area contributed by atoms with Gasteiger partial charge in [-0.1, -0.05) is 30.3 Å². The van der Waals surface area contributed by atoms with E-state index >= 15 is 0 Å². The van der Waals surface area contributed by atoms with Crippen LogP contribution in [0.4, 0.5) is 0 Å². The molecule has 6 heteroatoms. The highest BCUT2D eigenvalue weighted by Gasteiger charge is 2.32. The molecule has 3 rings (SSSR count). The molecule has 1 aliphatic carbocycles. The van der Waals surface area contributed by atoms with E-state index in [4.69, 9.17) is 9.15 Å². The van der Waals surface area contributed by atoms with Crippen LogP contribution in [0, 0.1) is 12.8 Å². The molecular formula is C25H34N2O4. The van der Waals surface area contributed by atoms with Gasteiger partial charge in [0.2, 0.25) is 5.91 Å². The van der Waals surface area contributed by atoms with Gasteiger partial charge in [0.25, 0.3) is 0 Å². The van der Waals surface area contributed by atoms with Crippen molar-refractivity contribution in [2.24, 2.45) is 5.92 Å². The van der Waals surface area contributed by atoms with Crippen LogP contribution < -0.4 is 0 Å². The molecule has 1 heterocycles. The van der Waals surface area contributed by atoms with Crippen molar-refractivity contribution in [3.8, 4) is 0 Å². The van der Waals surface area contributed by atoms with Gasteiger partial charge in [-0.05, 0) is 63.6 Å². The zero-order chi connectivity index (χ0) is 22.2. The van der Waals surface area contributed by atoms with Crippen LogP contribution in [-0.2, 0) is 27.3 Å². The zero-order valence-corrected chi connectivity index (χ0v) is 18.9. The molecule has 31 heavy (non-hydrogen) atoms. The van der Waals surface area contributed by atoms with E-state index in [1.807, 2.05) is 54.0 Å². The molecule has 0 N–H and O–H groups in total. The van der Waals surface area contributed by atoms with Crippen molar-refractivity contribution in [3.05, 3.63) is 59.5 Å². The number of carbonyl (C=O) groups excluding carboxylic acids is 2. The van der Waals surface area contributed by atoms with Crippen LogP contribution in [0.15, 0.2) is 46.9 Å². The quantitative estimate of drug-likeness (QED) is 0.483. The number of nitrogens with zero attached hydrogens (tertiary/aromatic N) is 2. The van der Waals surface area contributed by atoms with Gasteiger partial charge in [-0.15, -0.1) is 0 Å². The molecule has 1 aliphatic rings. The van der Waals surface area contributed by atoms with Crippen molar-refractivity contribution in [3.63, 3.8) is 0 Å². The van der Waals surface area contributed by atoms with E-state index in [9.17, 15) is 9.59 Å². The second-order valence-corrected chi connectivity index (χ2v) is 8.36. The second kappa shape index (κ2) is 11.1. The molecule has 1 amide bonds. The first-order valence-corrected chi connectivity index (χ1v) is 11.2. The summed E-state index contributed by atoms with van der Waals surface area (Å²) in [5.74, 6) is 1.90. The van der Waals surface area contributed by atoms with Gasteiger partial charge < -0.3 is 14.1 Å². The van der Waals surface area contributed by atoms with E-state index < -0.39 is 6.04 Å². The fourth-order valence-corrected chi connectivity index (χ4v) is 3.64. The first-order valence-electron chi connectivity index (χ1n) is 11.2. The van der Waals surface area contributed by atoms with Crippen molar-refractivity contribution < 1.29 is 18.7 Å². The van der Waals surface area contributed by atoms with Gasteiger partial charge in [-0.2, -0.15) is 0 Å². The molecular weight excluding hydrogens is 392 g/mol. The lowest BCUT2D eigenvalue weighted by molar-refractivity contribution is -0.150. The number of ether oxygens (including phenoxy) is 1. The molecule has 0 spiro atoms. The van der Waals surface area contributed by atoms with Gasteiger partial charge in [-0.25, -0.2) is 0 Å². The Labute approximate surface area is 185 Å². The summed E-state index contributed by atoms with van der Waals surface area (Å²) in [5, 5.41) is 0. The molecule has 1 saturated carbocycles. The summed E-state index contributed by atoms with van der Waals surface area (Å²) in [6.07, 6.45) is 3.08. The van der Waals surface area contributed by atoms with Crippen LogP contribution in [0.25, 0.3) is 0 Å². The van der Waals surface area contributed by atoms with Crippen LogP contribution in [-0.4, -0.2) is 54.0 Å². The predicted octanol–water partition coefficient (Wildman–Crippen LogP) is 3.82. The molecule has 1 atom stereocenters. The number of rotatable bonds is 12. The van der Waals surface area contributed by atoms with Gasteiger partial charge in [-0.3, -0.25) is 14.5 Å². The Bertz CT molecular complexity index is 844. The van der Waals surface area contributed by atoms with Gasteiger partial charge in [0.1, 0.15) is 17.6 Å². The maximum atomic E-state index is 13.4. The van der Waals surface area contributed by atoms with Crippen molar-refractivity contribution in [1.29, 1.82) is 0 Å². The lowest BCUT2D eigenvalue weighted by Gasteiger charge is -2.30. The van der Waals surface area contributed by atoms with Gasteiger partial charge in [0.05, 0.1) is 19.7 Å². The number of furan rings is 1. The number of hydrogen-bond acceptors (Lipinski definition) is 5. The fraction of sp³-hybridized carbons (Fsp3) is 0.520. The number of amides is 1. The summed E-state index contributed by atoms with van der Waals surface area (Å²) in [4.78, 5) is 29.5. The van der Waals surface area contributed by atoms with Gasteiger partial charge in [0, 0.05) is 13.1 Å². The van der Waals surface area contributed by atoms with Crippen LogP contribution in [0.3, 0.4) is 0 Å². The van der Waals surface area contributed by atoms with Crippen molar-refractivity contribution in [2.75, 3.05) is 26.2 Å². The number of esters is 1. The molecule has 0 bridgehead atoms. The molecule has 6 nitrogen and oxygen atoms in total. The van der Waals surface area contributed by atoms with Crippen molar-refractivity contribution in [2.45, 2.75) is 52.6 Å². The number of carbonyl (C=O) groups is 2. The Kier molecular flexibility index (Phi) is 8.29. The lowest BCUT2D eigenvalue weighted by atomic mass is 10.1. The van der Waals surface area contributed by atoms with E-state index in [1.54, 1.807) is 6.92 Å². The predicted molar refractivity (Wildman–Crippen MR) is 119 cm³/mol. The molecule has 1 aromatic heterocycles. The smallest absolute Gasteiger partial charge is 0.323 e. The molecule has 2 aromatic rings. The standard InChI is InChI=1S/C25H34N2O4/c1-4-30-25(29)20(3)27(16-22-11-12-22)18-24(28)26(17-23-13-10-19(2)31-23)15-14-21-8-6-5-7-9-21/h5-10,13,20,22H,4,11-12,14-18H2,1-3H3/t20-/m1/s1. The van der Waals surface area contributed by atoms with Gasteiger partial charge >= 0.3 is 5.97 Å². The monoisotopic (exact) mass is 426 g/mol. The van der Waals surface area contributed by atoms with E-state index in [1.165, 1.54) is 5.56 Å². The summed E-state index contributed by atoms with van der Waals surface area (Å²) >= 11 is 0. The first-order chi connectivity index (χ1) is 15.0. The Morgan fingerprint density at radius 2 is 1.90 bits per heavy atom. The Morgan fingerprint density at radius 1 is 1.16 bits per heavy atom. The van der Waals surface area contributed by atoms with Crippen molar-refractivity contribution in [1.82, 2.24) is 9.80 Å². The summed E-state index contributed by atoms with van der Waals surface area (Å²) < 4.78 is 10.9. The van der Waals surface area contributed by atoms with Crippen LogP contribution in [0.2, 0.25) is 0 Å². The normalized spacial score (nSPS) is 14.5. The molecule has 0 unspecified atom stereocenters. The summed E-state index contributed by atoms with van der Waals surface area (Å²) in [6.45, 7) is 7.84. The average Bonchev–Trinajstić information content (AvgIpc) is 3.49. The number of aryl methyl sites for hydroxylation is 1. The van der Waals surface area contributed by atoms with Crippen molar-refractivity contribution >= 4 is 11.9 Å². The largest absolute Gasteiger partial charge is 0.465 e. The topological polar surface area (TPSA) is 63.0 Å². The van der Waals surface area contributed by atoms with Gasteiger partial charge in [0.15, 0.2) is 0 Å². The molecule has 0 radical (unpaired) electrons. The third-order valence-electron chi connectivity index (χ3n) is 5.71. The highest BCUT2D eigenvalue weighted by molar-refractivity contribution is 5.80. The first kappa shape index (κ1) is 23.1. The van der Waals surface area contributed by atoms with E-state index in [-0.39, 0.29) is 18.4 Å². The summed E-state index contributed by atoms with van der Waals surface area (Å²) in [7, 11) is 0. The Morgan fingerprint density at radius 3 is 2.52 bits per heavy atom. The molecule has 1 aromatic carbocycles. The molecule has 1 fully saturated rings. The minimum Gasteiger partial charge on any atom is -0.465 e. The van der Waals surface area contributed by atoms with E-state index in [0.29, 0.717) is 25.6 Å². The average molecular weight is 427 g/mol. The molecule has 0 saturated heterocycles. The number of hydrogen-bond donors (Lipinski definition) is 0. The summed E-state index contributed by atoms with van der Waals surface area (Å²) in [5.41, 5.74) is 1.19. The third-order valence-corrected chi connectivity index (χ3v) is 5.71. The minimum absolute atomic E-state index is 0.00165. The third kappa shape index (κ3) is 7.24. The van der Waals surface area contributed by atoms with E-state index in [0.717, 1.165) is 37.3 Å². The Balaban J connectivity index is 1.69. The van der Waals surface area contributed by atoms with Crippen LogP contribution >= 0.6 is 0 Å². The SMILES string of the molecule is CCOC(=O)[C@@H](C)N(CC(=O)N(CCc1ccccc1)Cc1ccc(C)o1)CC1CC1. The van der Waals surface area contributed by atoms with Crippen LogP contribution in [0.1, 0.15) is 43.8 Å². The summed E-state index contributed by atoms with van der Waals surface area (Å²) in [6, 6.07) is 13.5. The maximum absolute atomic E-state index is 13.4. The Hall–Kier alpha value is -2.60. The maximum Gasteiger partial charge on any atom is 0.323 e. The van der Waals surface area contributed by atoms with Crippen LogP contribution in [0.5, 0.6) is 0 Å². The number of benzene rings is 1. The van der Waals surface area contributed by atoms with E-state index in [2.05, 4.69) is 12.1 Å². The lowest BCUT2D eigenvalue weighted by Crippen LogP contribution is -2.48. The zero-order valence-electron chi connectivity index (χ0n) is 18.9. The highest BCUT2D eigenvalue weighted by Crippen LogP contribution is 2.30. The second-order valence-electron chi connectivity index (χ2n) is 8.36. The minimum atomic E-state index is -0.439. The fourth-order valence-electron chi connectivity index (χ4n) is 3.64. The highest BCUT2D eigenvalue weighted by atomic mass is 16.5. The molecule has 0 aliphatic heterocycles. The molecule has 168 valence electrons.